The highest BCUT2D eigenvalue weighted by Gasteiger charge is 2.44. The van der Waals surface area contributed by atoms with Crippen LogP contribution in [0, 0.1) is 17.3 Å². The van der Waals surface area contributed by atoms with Crippen molar-refractivity contribution in [1.82, 2.24) is 0 Å². The van der Waals surface area contributed by atoms with Crippen molar-refractivity contribution in [2.24, 2.45) is 5.41 Å². The maximum Gasteiger partial charge on any atom is 0.133 e. The zero-order valence-corrected chi connectivity index (χ0v) is 16.7. The summed E-state index contributed by atoms with van der Waals surface area (Å²) in [6.07, 6.45) is 0.863. The van der Waals surface area contributed by atoms with Crippen LogP contribution in [0.3, 0.4) is 0 Å². The van der Waals surface area contributed by atoms with E-state index in [1.807, 2.05) is 0 Å². The summed E-state index contributed by atoms with van der Waals surface area (Å²) in [5.74, 6) is 7.03. The topological polar surface area (TPSA) is 0 Å². The predicted molar refractivity (Wildman–Crippen MR) is 117 cm³/mol. The Morgan fingerprint density at radius 1 is 0.615 bits per heavy atom. The highest BCUT2D eigenvalue weighted by atomic mass is 31.2. The lowest BCUT2D eigenvalue weighted by Gasteiger charge is -2.25. The van der Waals surface area contributed by atoms with Crippen LogP contribution in [0.25, 0.3) is 0 Å². The van der Waals surface area contributed by atoms with Crippen LogP contribution in [0.5, 0.6) is 0 Å². The fourth-order valence-corrected chi connectivity index (χ4v) is 6.99. The molecule has 0 heterocycles. The van der Waals surface area contributed by atoms with E-state index in [0.717, 1.165) is 6.16 Å². The van der Waals surface area contributed by atoms with E-state index in [0.29, 0.717) is 0 Å². The second-order valence-corrected chi connectivity index (χ2v) is 11.0. The molecule has 130 valence electrons. The van der Waals surface area contributed by atoms with Gasteiger partial charge < -0.3 is 0 Å². The molecule has 0 atom stereocenters. The van der Waals surface area contributed by atoms with Crippen LogP contribution in [0.15, 0.2) is 91.0 Å². The van der Waals surface area contributed by atoms with E-state index in [9.17, 15) is 0 Å². The third-order valence-electron chi connectivity index (χ3n) is 4.37. The van der Waals surface area contributed by atoms with Crippen LogP contribution >= 0.6 is 7.26 Å². The lowest BCUT2D eigenvalue weighted by molar-refractivity contribution is 0.571. The largest absolute Gasteiger partial charge is 0.133 e. The summed E-state index contributed by atoms with van der Waals surface area (Å²) in [4.78, 5) is 0. The first-order valence-corrected chi connectivity index (χ1v) is 11.0. The molecule has 0 unspecified atom stereocenters. The maximum atomic E-state index is 3.56. The van der Waals surface area contributed by atoms with Crippen LogP contribution in [-0.4, -0.2) is 6.16 Å². The van der Waals surface area contributed by atoms with Gasteiger partial charge in [-0.15, -0.1) is 0 Å². The first kappa shape index (κ1) is 18.4. The maximum absolute atomic E-state index is 3.56. The molecule has 0 aliphatic carbocycles. The van der Waals surface area contributed by atoms with Gasteiger partial charge in [0.15, 0.2) is 0 Å². The average Bonchev–Trinajstić information content (AvgIpc) is 2.67. The van der Waals surface area contributed by atoms with Gasteiger partial charge in [-0.05, 0) is 57.2 Å². The normalized spacial score (nSPS) is 11.5. The highest BCUT2D eigenvalue weighted by molar-refractivity contribution is 7.95. The van der Waals surface area contributed by atoms with Crippen molar-refractivity contribution >= 4 is 23.2 Å². The molecule has 3 rings (SSSR count). The smallest absolute Gasteiger partial charge is 0.0935 e. The molecule has 0 aromatic heterocycles. The summed E-state index contributed by atoms with van der Waals surface area (Å²) in [5, 5.41) is 4.17. The lowest BCUT2D eigenvalue weighted by atomic mass is 9.98. The summed E-state index contributed by atoms with van der Waals surface area (Å²) in [6, 6.07) is 32.8. The van der Waals surface area contributed by atoms with Gasteiger partial charge in [-0.25, -0.2) is 0 Å². The standard InChI is InChI=1S/C25H26P/c1-25(2,3)20-13-21-26(22-14-7-4-8-15-22,23-16-9-5-10-17-23)24-18-11-6-12-19-24/h4-12,14-19H,21H2,1-3H3/q+1. The van der Waals surface area contributed by atoms with Gasteiger partial charge >= 0.3 is 0 Å². The summed E-state index contributed by atoms with van der Waals surface area (Å²) >= 11 is 0. The molecular weight excluding hydrogens is 331 g/mol. The minimum absolute atomic E-state index is 0.0136. The molecule has 3 aromatic rings. The fourth-order valence-electron chi connectivity index (χ4n) is 3.19. The van der Waals surface area contributed by atoms with Crippen LogP contribution in [-0.2, 0) is 0 Å². The Labute approximate surface area is 158 Å². The van der Waals surface area contributed by atoms with Crippen molar-refractivity contribution in [2.75, 3.05) is 6.16 Å². The zero-order chi connectivity index (χ0) is 18.5. The van der Waals surface area contributed by atoms with Crippen molar-refractivity contribution in [3.63, 3.8) is 0 Å². The molecule has 0 aliphatic heterocycles. The van der Waals surface area contributed by atoms with E-state index in [2.05, 4.69) is 124 Å². The quantitative estimate of drug-likeness (QED) is 0.454. The van der Waals surface area contributed by atoms with Gasteiger partial charge in [-0.2, -0.15) is 0 Å². The van der Waals surface area contributed by atoms with E-state index in [4.69, 9.17) is 0 Å². The van der Waals surface area contributed by atoms with Crippen molar-refractivity contribution in [3.05, 3.63) is 91.0 Å². The van der Waals surface area contributed by atoms with E-state index < -0.39 is 7.26 Å². The molecule has 1 heteroatoms. The van der Waals surface area contributed by atoms with Gasteiger partial charge in [-0.3, -0.25) is 0 Å². The number of hydrogen-bond donors (Lipinski definition) is 0. The average molecular weight is 357 g/mol. The van der Waals surface area contributed by atoms with E-state index in [1.54, 1.807) is 0 Å². The minimum atomic E-state index is -1.81. The molecule has 0 radical (unpaired) electrons. The number of benzene rings is 3. The number of rotatable bonds is 4. The molecule has 0 saturated carbocycles. The van der Waals surface area contributed by atoms with Crippen LogP contribution < -0.4 is 15.9 Å². The fraction of sp³-hybridized carbons (Fsp3) is 0.200. The van der Waals surface area contributed by atoms with Crippen LogP contribution in [0.2, 0.25) is 0 Å². The molecule has 0 spiro atoms. The molecule has 0 saturated heterocycles. The first-order valence-electron chi connectivity index (χ1n) is 9.07. The molecule has 0 aliphatic rings. The molecule has 0 N–H and O–H groups in total. The summed E-state index contributed by atoms with van der Waals surface area (Å²) in [7, 11) is -1.81. The zero-order valence-electron chi connectivity index (χ0n) is 15.8. The molecule has 0 fully saturated rings. The van der Waals surface area contributed by atoms with Crippen molar-refractivity contribution in [2.45, 2.75) is 20.8 Å². The molecular formula is C25H26P+. The van der Waals surface area contributed by atoms with Gasteiger partial charge in [0.2, 0.25) is 0 Å². The molecule has 0 nitrogen and oxygen atoms in total. The van der Waals surface area contributed by atoms with Gasteiger partial charge in [0, 0.05) is 5.41 Å². The Morgan fingerprint density at radius 2 is 0.962 bits per heavy atom. The summed E-state index contributed by atoms with van der Waals surface area (Å²) < 4.78 is 0. The SMILES string of the molecule is CC(C)(C)C#CC[P+](c1ccccc1)(c1ccccc1)c1ccccc1. The Hall–Kier alpha value is -2.35. The Balaban J connectivity index is 2.26. The molecule has 26 heavy (non-hydrogen) atoms. The van der Waals surface area contributed by atoms with E-state index in [-0.39, 0.29) is 5.41 Å². The van der Waals surface area contributed by atoms with Crippen molar-refractivity contribution < 1.29 is 0 Å². The third-order valence-corrected chi connectivity index (χ3v) is 8.54. The van der Waals surface area contributed by atoms with E-state index >= 15 is 0 Å². The van der Waals surface area contributed by atoms with Gasteiger partial charge in [0.25, 0.3) is 0 Å². The summed E-state index contributed by atoms with van der Waals surface area (Å²) in [6.45, 7) is 6.52. The van der Waals surface area contributed by atoms with Gasteiger partial charge in [0.05, 0.1) is 0 Å². The summed E-state index contributed by atoms with van der Waals surface area (Å²) in [5.41, 5.74) is 0.0136. The molecule has 3 aromatic carbocycles. The second-order valence-electron chi connectivity index (χ2n) is 7.53. The Kier molecular flexibility index (Phi) is 5.61. The minimum Gasteiger partial charge on any atom is -0.0935 e. The van der Waals surface area contributed by atoms with E-state index in [1.165, 1.54) is 15.9 Å². The van der Waals surface area contributed by atoms with Crippen LogP contribution in [0.4, 0.5) is 0 Å². The third kappa shape index (κ3) is 4.07. The van der Waals surface area contributed by atoms with Gasteiger partial charge in [0.1, 0.15) is 29.3 Å². The Bertz CT molecular complexity index is 782. The lowest BCUT2D eigenvalue weighted by Crippen LogP contribution is -2.33. The highest BCUT2D eigenvalue weighted by Crippen LogP contribution is 2.54. The molecule has 0 amide bonds. The number of hydrogen-bond acceptors (Lipinski definition) is 0. The Morgan fingerprint density at radius 3 is 1.27 bits per heavy atom. The van der Waals surface area contributed by atoms with Crippen molar-refractivity contribution in [1.29, 1.82) is 0 Å². The first-order chi connectivity index (χ1) is 12.5. The predicted octanol–water partition coefficient (Wildman–Crippen LogP) is 5.03. The van der Waals surface area contributed by atoms with Gasteiger partial charge in [-0.1, -0.05) is 66.4 Å². The second kappa shape index (κ2) is 7.90. The molecule has 0 bridgehead atoms. The monoisotopic (exact) mass is 357 g/mol. The van der Waals surface area contributed by atoms with Crippen molar-refractivity contribution in [3.8, 4) is 11.8 Å². The van der Waals surface area contributed by atoms with Crippen LogP contribution in [0.1, 0.15) is 20.8 Å².